The Labute approximate surface area is 118 Å². The van der Waals surface area contributed by atoms with Crippen LogP contribution in [-0.4, -0.2) is 25.8 Å². The van der Waals surface area contributed by atoms with Crippen LogP contribution in [0.15, 0.2) is 21.0 Å². The maximum Gasteiger partial charge on any atom is 0.255 e. The molecule has 1 heterocycles. The zero-order valence-corrected chi connectivity index (χ0v) is 12.3. The topological polar surface area (TPSA) is 71.3 Å². The summed E-state index contributed by atoms with van der Waals surface area (Å²) in [7, 11) is 3.29. The molecule has 1 aromatic carbocycles. The lowest BCUT2D eigenvalue weighted by Gasteiger charge is -2.03. The van der Waals surface area contributed by atoms with E-state index in [1.54, 1.807) is 19.2 Å². The summed E-state index contributed by atoms with van der Waals surface area (Å²) in [6.07, 6.45) is 0. The number of fused-ring (bicyclic) bond motifs is 1. The van der Waals surface area contributed by atoms with Crippen molar-refractivity contribution in [1.29, 1.82) is 0 Å². The van der Waals surface area contributed by atoms with E-state index in [0.717, 1.165) is 10.2 Å². The number of amides is 1. The number of carbonyl (C=O) groups is 2. The lowest BCUT2D eigenvalue weighted by atomic mass is 10.1. The van der Waals surface area contributed by atoms with Crippen molar-refractivity contribution in [3.8, 4) is 0 Å². The minimum atomic E-state index is -0.340. The highest BCUT2D eigenvalue weighted by atomic mass is 79.9. The number of ketones is 1. The summed E-state index contributed by atoms with van der Waals surface area (Å²) in [5, 5.41) is 6.12. The molecule has 0 aliphatic heterocycles. The molecule has 2 aromatic rings. The van der Waals surface area contributed by atoms with Gasteiger partial charge in [-0.1, -0.05) is 0 Å². The van der Waals surface area contributed by atoms with Gasteiger partial charge in [-0.3, -0.25) is 9.59 Å². The first kappa shape index (κ1) is 13.6. The fourth-order valence-electron chi connectivity index (χ4n) is 1.91. The summed E-state index contributed by atoms with van der Waals surface area (Å²) in [4.78, 5) is 23.5. The summed E-state index contributed by atoms with van der Waals surface area (Å²) in [6, 6.07) is 3.51. The van der Waals surface area contributed by atoms with E-state index in [-0.39, 0.29) is 23.0 Å². The molecule has 0 saturated heterocycles. The van der Waals surface area contributed by atoms with E-state index in [9.17, 15) is 9.59 Å². The summed E-state index contributed by atoms with van der Waals surface area (Å²) in [5.74, 6) is -0.542. The highest BCUT2D eigenvalue weighted by molar-refractivity contribution is 9.10. The molecule has 0 bridgehead atoms. The molecular weight excluding hydrogens is 312 g/mol. The molecule has 5 nitrogen and oxygen atoms in total. The number of carbonyl (C=O) groups excluding carboxylic acids is 2. The Hall–Kier alpha value is -1.82. The molecule has 0 atom stereocenters. The lowest BCUT2D eigenvalue weighted by Crippen LogP contribution is -2.19. The minimum Gasteiger partial charge on any atom is -0.452 e. The van der Waals surface area contributed by atoms with Crippen LogP contribution in [0.2, 0.25) is 0 Å². The van der Waals surface area contributed by atoms with Crippen molar-refractivity contribution in [3.05, 3.63) is 27.9 Å². The molecule has 0 aliphatic rings. The molecule has 0 spiro atoms. The number of anilines is 1. The van der Waals surface area contributed by atoms with Crippen LogP contribution in [0.1, 0.15) is 27.8 Å². The Morgan fingerprint density at radius 2 is 1.95 bits per heavy atom. The van der Waals surface area contributed by atoms with E-state index in [1.807, 2.05) is 0 Å². The second-order valence-electron chi connectivity index (χ2n) is 4.02. The summed E-state index contributed by atoms with van der Waals surface area (Å²) in [6.45, 7) is 1.37. The third kappa shape index (κ3) is 2.23. The highest BCUT2D eigenvalue weighted by Gasteiger charge is 2.23. The van der Waals surface area contributed by atoms with Gasteiger partial charge in [0.05, 0.1) is 11.3 Å². The van der Waals surface area contributed by atoms with Crippen LogP contribution < -0.4 is 10.6 Å². The molecule has 6 heteroatoms. The fraction of sp³-hybridized carbons (Fsp3) is 0.231. The molecule has 19 heavy (non-hydrogen) atoms. The molecule has 0 aliphatic carbocycles. The normalized spacial score (nSPS) is 10.5. The van der Waals surface area contributed by atoms with Crippen LogP contribution in [0, 0.1) is 0 Å². The minimum absolute atomic E-state index is 0.0782. The number of Topliss-reactive ketones (excluding diaryl/α,β-unsaturated/α-hetero) is 1. The monoisotopic (exact) mass is 324 g/mol. The van der Waals surface area contributed by atoms with Crippen LogP contribution >= 0.6 is 15.9 Å². The van der Waals surface area contributed by atoms with Crippen LogP contribution in [0.3, 0.4) is 0 Å². The van der Waals surface area contributed by atoms with E-state index in [4.69, 9.17) is 4.42 Å². The van der Waals surface area contributed by atoms with Crippen LogP contribution in [0.5, 0.6) is 0 Å². The molecule has 2 N–H and O–H groups in total. The van der Waals surface area contributed by atoms with Crippen molar-refractivity contribution in [2.45, 2.75) is 6.92 Å². The number of halogens is 1. The van der Waals surface area contributed by atoms with Gasteiger partial charge < -0.3 is 15.1 Å². The van der Waals surface area contributed by atoms with Gasteiger partial charge in [0, 0.05) is 36.9 Å². The SMILES string of the molecule is CNC(=O)c1c(C(C)=O)oc2cc(NC)c(Br)cc12. The first-order valence-electron chi connectivity index (χ1n) is 5.66. The van der Waals surface area contributed by atoms with Gasteiger partial charge in [0.2, 0.25) is 0 Å². The van der Waals surface area contributed by atoms with Crippen molar-refractivity contribution < 1.29 is 14.0 Å². The van der Waals surface area contributed by atoms with E-state index < -0.39 is 0 Å². The predicted molar refractivity (Wildman–Crippen MR) is 76.9 cm³/mol. The van der Waals surface area contributed by atoms with E-state index >= 15 is 0 Å². The van der Waals surface area contributed by atoms with Gasteiger partial charge in [0.25, 0.3) is 5.91 Å². The van der Waals surface area contributed by atoms with Crippen molar-refractivity contribution in [2.75, 3.05) is 19.4 Å². The third-order valence-electron chi connectivity index (χ3n) is 2.82. The Kier molecular flexibility index (Phi) is 3.61. The quantitative estimate of drug-likeness (QED) is 0.851. The van der Waals surface area contributed by atoms with Crippen LogP contribution in [0.4, 0.5) is 5.69 Å². The average molecular weight is 325 g/mol. The standard InChI is InChI=1S/C13H13BrN2O3/c1-6(17)12-11(13(18)16-3)7-4-8(14)9(15-2)5-10(7)19-12/h4-5,15H,1-3H3,(H,16,18). The Morgan fingerprint density at radius 1 is 1.26 bits per heavy atom. The van der Waals surface area contributed by atoms with E-state index in [0.29, 0.717) is 11.0 Å². The molecule has 100 valence electrons. The number of furan rings is 1. The van der Waals surface area contributed by atoms with Gasteiger partial charge in [-0.05, 0) is 22.0 Å². The van der Waals surface area contributed by atoms with Gasteiger partial charge in [-0.15, -0.1) is 0 Å². The molecule has 0 unspecified atom stereocenters. The predicted octanol–water partition coefficient (Wildman–Crippen LogP) is 2.80. The van der Waals surface area contributed by atoms with E-state index in [1.165, 1.54) is 14.0 Å². The van der Waals surface area contributed by atoms with Gasteiger partial charge in [0.1, 0.15) is 5.58 Å². The lowest BCUT2D eigenvalue weighted by molar-refractivity contribution is 0.0937. The second-order valence-corrected chi connectivity index (χ2v) is 4.87. The zero-order chi connectivity index (χ0) is 14.2. The smallest absolute Gasteiger partial charge is 0.255 e. The Bertz CT molecular complexity index is 676. The number of hydrogen-bond acceptors (Lipinski definition) is 4. The fourth-order valence-corrected chi connectivity index (χ4v) is 2.45. The van der Waals surface area contributed by atoms with Crippen LogP contribution in [-0.2, 0) is 0 Å². The van der Waals surface area contributed by atoms with Crippen molar-refractivity contribution >= 4 is 44.3 Å². The van der Waals surface area contributed by atoms with Crippen LogP contribution in [0.25, 0.3) is 11.0 Å². The van der Waals surface area contributed by atoms with Gasteiger partial charge >= 0.3 is 0 Å². The molecule has 0 fully saturated rings. The summed E-state index contributed by atoms with van der Waals surface area (Å²) in [5.41, 5.74) is 1.59. The third-order valence-corrected chi connectivity index (χ3v) is 3.48. The van der Waals surface area contributed by atoms with Gasteiger partial charge in [-0.25, -0.2) is 0 Å². The molecule has 1 aromatic heterocycles. The van der Waals surface area contributed by atoms with Gasteiger partial charge in [0.15, 0.2) is 11.5 Å². The summed E-state index contributed by atoms with van der Waals surface area (Å²) < 4.78 is 6.30. The number of hydrogen-bond donors (Lipinski definition) is 2. The number of benzene rings is 1. The van der Waals surface area contributed by atoms with Crippen molar-refractivity contribution in [2.24, 2.45) is 0 Å². The molecule has 0 saturated carbocycles. The second kappa shape index (κ2) is 5.05. The molecular formula is C13H13BrN2O3. The maximum atomic E-state index is 11.9. The Balaban J connectivity index is 2.82. The maximum absolute atomic E-state index is 11.9. The molecule has 2 rings (SSSR count). The van der Waals surface area contributed by atoms with E-state index in [2.05, 4.69) is 26.6 Å². The zero-order valence-electron chi connectivity index (χ0n) is 10.8. The molecule has 0 radical (unpaired) electrons. The van der Waals surface area contributed by atoms with Crippen molar-refractivity contribution in [1.82, 2.24) is 5.32 Å². The number of nitrogens with one attached hydrogen (secondary N) is 2. The first-order valence-corrected chi connectivity index (χ1v) is 6.45. The number of rotatable bonds is 3. The Morgan fingerprint density at radius 3 is 2.47 bits per heavy atom. The molecule has 1 amide bonds. The summed E-state index contributed by atoms with van der Waals surface area (Å²) >= 11 is 3.41. The highest BCUT2D eigenvalue weighted by Crippen LogP contribution is 2.33. The van der Waals surface area contributed by atoms with Crippen molar-refractivity contribution in [3.63, 3.8) is 0 Å². The van der Waals surface area contributed by atoms with Gasteiger partial charge in [-0.2, -0.15) is 0 Å². The first-order chi connectivity index (χ1) is 8.99. The largest absolute Gasteiger partial charge is 0.452 e. The average Bonchev–Trinajstić information content (AvgIpc) is 2.75.